The molecule has 0 unspecified atom stereocenters. The monoisotopic (exact) mass is 390 g/mol. The zero-order valence-corrected chi connectivity index (χ0v) is 15.2. The summed E-state index contributed by atoms with van der Waals surface area (Å²) in [7, 11) is 0. The Balaban J connectivity index is 1.94. The zero-order chi connectivity index (χ0) is 19.6. The number of carbonyl (C=O) groups excluding carboxylic acids is 1. The molecule has 0 aliphatic rings. The van der Waals surface area contributed by atoms with Crippen LogP contribution in [-0.2, 0) is 16.1 Å². The minimum atomic E-state index is -1.06. The van der Waals surface area contributed by atoms with Gasteiger partial charge < -0.3 is 10.0 Å². The smallest absolute Gasteiger partial charge is 0.303 e. The van der Waals surface area contributed by atoms with Crippen LogP contribution in [0.5, 0.6) is 0 Å². The Morgan fingerprint density at radius 3 is 2.67 bits per heavy atom. The Kier molecular flexibility index (Phi) is 5.46. The molecule has 2 aromatic carbocycles. The van der Waals surface area contributed by atoms with Gasteiger partial charge in [-0.15, -0.1) is 11.3 Å². The van der Waals surface area contributed by atoms with Gasteiger partial charge in [0.15, 0.2) is 11.6 Å². The summed E-state index contributed by atoms with van der Waals surface area (Å²) >= 11 is 1.16. The van der Waals surface area contributed by atoms with Crippen molar-refractivity contribution in [2.45, 2.75) is 26.3 Å². The summed E-state index contributed by atoms with van der Waals surface area (Å²) in [4.78, 5) is 29.0. The Hall–Kier alpha value is -2.87. The second-order valence-corrected chi connectivity index (χ2v) is 7.14. The fraction of sp³-hybridized carbons (Fsp3) is 0.211. The highest BCUT2D eigenvalue weighted by molar-refractivity contribution is 7.18. The van der Waals surface area contributed by atoms with E-state index >= 15 is 0 Å². The summed E-state index contributed by atoms with van der Waals surface area (Å²) < 4.78 is 27.8. The number of aliphatic carboxylic acids is 1. The molecule has 1 aromatic heterocycles. The van der Waals surface area contributed by atoms with E-state index in [9.17, 15) is 18.4 Å². The Morgan fingerprint density at radius 2 is 1.96 bits per heavy atom. The highest BCUT2D eigenvalue weighted by Gasteiger charge is 2.20. The van der Waals surface area contributed by atoms with Crippen LogP contribution >= 0.6 is 11.3 Å². The van der Waals surface area contributed by atoms with Crippen molar-refractivity contribution in [1.29, 1.82) is 0 Å². The number of anilines is 1. The Labute approximate surface area is 157 Å². The second-order valence-electron chi connectivity index (χ2n) is 6.03. The van der Waals surface area contributed by atoms with Crippen LogP contribution in [-0.4, -0.2) is 22.0 Å². The van der Waals surface area contributed by atoms with Gasteiger partial charge in [0, 0.05) is 12.1 Å². The molecule has 0 radical (unpaired) electrons. The maximum Gasteiger partial charge on any atom is 0.303 e. The van der Waals surface area contributed by atoms with Crippen molar-refractivity contribution < 1.29 is 23.5 Å². The molecule has 8 heteroatoms. The standard InChI is InChI=1S/C19H16F2N2O3S/c1-11-3-2-4-12(9-11)23(16(24)7-8-17(25)26)10-15-22-19-14(27-15)6-5-13(20)18(19)21/h2-6,9H,7-8,10H2,1H3,(H,25,26). The minimum Gasteiger partial charge on any atom is -0.481 e. The third-order valence-electron chi connectivity index (χ3n) is 3.96. The molecule has 0 aliphatic carbocycles. The fourth-order valence-corrected chi connectivity index (χ4v) is 3.61. The molecule has 5 nitrogen and oxygen atoms in total. The molecule has 1 heterocycles. The van der Waals surface area contributed by atoms with E-state index in [-0.39, 0.29) is 30.8 Å². The lowest BCUT2D eigenvalue weighted by molar-refractivity contribution is -0.138. The first kappa shape index (κ1) is 18.9. The van der Waals surface area contributed by atoms with Crippen molar-refractivity contribution in [2.24, 2.45) is 0 Å². The first-order valence-corrected chi connectivity index (χ1v) is 8.99. The molecule has 1 amide bonds. The van der Waals surface area contributed by atoms with Crippen molar-refractivity contribution in [3.05, 3.63) is 58.6 Å². The van der Waals surface area contributed by atoms with E-state index in [1.807, 2.05) is 13.0 Å². The summed E-state index contributed by atoms with van der Waals surface area (Å²) in [6.07, 6.45) is -0.460. The van der Waals surface area contributed by atoms with E-state index in [2.05, 4.69) is 4.98 Å². The number of carboxylic acids is 1. The van der Waals surface area contributed by atoms with Gasteiger partial charge >= 0.3 is 5.97 Å². The van der Waals surface area contributed by atoms with Gasteiger partial charge in [0.05, 0.1) is 17.7 Å². The summed E-state index contributed by atoms with van der Waals surface area (Å²) in [5.41, 5.74) is 1.45. The van der Waals surface area contributed by atoms with Gasteiger partial charge in [-0.05, 0) is 36.8 Å². The van der Waals surface area contributed by atoms with Crippen LogP contribution < -0.4 is 4.90 Å². The number of hydrogen-bond donors (Lipinski definition) is 1. The summed E-state index contributed by atoms with van der Waals surface area (Å²) in [6, 6.07) is 9.67. The number of rotatable bonds is 6. The van der Waals surface area contributed by atoms with E-state index in [0.29, 0.717) is 15.4 Å². The lowest BCUT2D eigenvalue weighted by Gasteiger charge is -2.22. The first-order chi connectivity index (χ1) is 12.8. The van der Waals surface area contributed by atoms with Crippen molar-refractivity contribution in [2.75, 3.05) is 4.90 Å². The molecular weight excluding hydrogens is 374 g/mol. The quantitative estimate of drug-likeness (QED) is 0.682. The molecule has 1 N–H and O–H groups in total. The summed E-state index contributed by atoms with van der Waals surface area (Å²) in [5.74, 6) is -3.44. The number of halogens is 2. The van der Waals surface area contributed by atoms with Gasteiger partial charge in [0.2, 0.25) is 5.91 Å². The number of hydrogen-bond acceptors (Lipinski definition) is 4. The maximum atomic E-state index is 13.9. The number of aromatic nitrogens is 1. The lowest BCUT2D eigenvalue weighted by atomic mass is 10.2. The molecule has 0 spiro atoms. The van der Waals surface area contributed by atoms with Gasteiger partial charge in [0.25, 0.3) is 0 Å². The highest BCUT2D eigenvalue weighted by atomic mass is 32.1. The molecule has 0 atom stereocenters. The SMILES string of the molecule is Cc1cccc(N(Cc2nc3c(F)c(F)ccc3s2)C(=O)CCC(=O)O)c1. The maximum absolute atomic E-state index is 13.9. The number of aryl methyl sites for hydroxylation is 1. The molecule has 0 fully saturated rings. The van der Waals surface area contributed by atoms with Crippen molar-refractivity contribution in [3.8, 4) is 0 Å². The average Bonchev–Trinajstić information content (AvgIpc) is 3.04. The van der Waals surface area contributed by atoms with Crippen molar-refractivity contribution >= 4 is 39.1 Å². The number of carboxylic acid groups (broad SMARTS) is 1. The average molecular weight is 390 g/mol. The van der Waals surface area contributed by atoms with E-state index in [0.717, 1.165) is 23.0 Å². The normalized spacial score (nSPS) is 10.9. The third-order valence-corrected chi connectivity index (χ3v) is 4.96. The van der Waals surface area contributed by atoms with Crippen molar-refractivity contribution in [3.63, 3.8) is 0 Å². The molecule has 0 bridgehead atoms. The van der Waals surface area contributed by atoms with Gasteiger partial charge in [0.1, 0.15) is 10.5 Å². The molecule has 3 aromatic rings. The van der Waals surface area contributed by atoms with Crippen molar-refractivity contribution in [1.82, 2.24) is 4.98 Å². The topological polar surface area (TPSA) is 70.5 Å². The van der Waals surface area contributed by atoms with Gasteiger partial charge in [-0.3, -0.25) is 9.59 Å². The van der Waals surface area contributed by atoms with Crippen LogP contribution in [0.25, 0.3) is 10.2 Å². The van der Waals surface area contributed by atoms with E-state index in [1.165, 1.54) is 11.0 Å². The summed E-state index contributed by atoms with van der Waals surface area (Å²) in [5, 5.41) is 9.27. The minimum absolute atomic E-state index is 0.0440. The van der Waals surface area contributed by atoms with Crippen LogP contribution in [0.1, 0.15) is 23.4 Å². The Morgan fingerprint density at radius 1 is 1.19 bits per heavy atom. The number of fused-ring (bicyclic) bond motifs is 1. The number of carbonyl (C=O) groups is 2. The van der Waals surface area contributed by atoms with Crippen LogP contribution in [0.3, 0.4) is 0 Å². The predicted molar refractivity (Wildman–Crippen MR) is 98.8 cm³/mol. The molecular formula is C19H16F2N2O3S. The summed E-state index contributed by atoms with van der Waals surface area (Å²) in [6.45, 7) is 1.92. The fourth-order valence-electron chi connectivity index (χ4n) is 2.65. The zero-order valence-electron chi connectivity index (χ0n) is 14.4. The van der Waals surface area contributed by atoms with Gasteiger partial charge in [-0.2, -0.15) is 0 Å². The third kappa shape index (κ3) is 4.28. The van der Waals surface area contributed by atoms with Gasteiger partial charge in [-0.25, -0.2) is 13.8 Å². The molecule has 3 rings (SSSR count). The number of nitrogens with zero attached hydrogens (tertiary/aromatic N) is 2. The molecule has 140 valence electrons. The predicted octanol–water partition coefficient (Wildman–Crippen LogP) is 4.28. The van der Waals surface area contributed by atoms with Crippen LogP contribution in [0.2, 0.25) is 0 Å². The van der Waals surface area contributed by atoms with Crippen LogP contribution in [0.4, 0.5) is 14.5 Å². The highest BCUT2D eigenvalue weighted by Crippen LogP contribution is 2.28. The van der Waals surface area contributed by atoms with Gasteiger partial charge in [-0.1, -0.05) is 12.1 Å². The lowest BCUT2D eigenvalue weighted by Crippen LogP contribution is -2.30. The second kappa shape index (κ2) is 7.79. The van der Waals surface area contributed by atoms with E-state index in [1.54, 1.807) is 18.2 Å². The van der Waals surface area contributed by atoms with Crippen LogP contribution in [0.15, 0.2) is 36.4 Å². The van der Waals surface area contributed by atoms with E-state index < -0.39 is 17.6 Å². The Bertz CT molecular complexity index is 1020. The molecule has 27 heavy (non-hydrogen) atoms. The largest absolute Gasteiger partial charge is 0.481 e. The number of benzene rings is 2. The first-order valence-electron chi connectivity index (χ1n) is 8.17. The number of thiazole rings is 1. The van der Waals surface area contributed by atoms with Crippen LogP contribution in [0, 0.1) is 18.6 Å². The molecule has 0 aliphatic heterocycles. The molecule has 0 saturated carbocycles. The number of amides is 1. The molecule has 0 saturated heterocycles. The van der Waals surface area contributed by atoms with E-state index in [4.69, 9.17) is 5.11 Å².